The van der Waals surface area contributed by atoms with Gasteiger partial charge in [-0.25, -0.2) is 0 Å². The van der Waals surface area contributed by atoms with Crippen molar-refractivity contribution in [3.8, 4) is 0 Å². The van der Waals surface area contributed by atoms with Crippen LogP contribution in [0, 0.1) is 0 Å². The third kappa shape index (κ3) is 4.68. The summed E-state index contributed by atoms with van der Waals surface area (Å²) >= 11 is 0. The highest BCUT2D eigenvalue weighted by Crippen LogP contribution is 2.45. The highest BCUT2D eigenvalue weighted by molar-refractivity contribution is 6.26. The molecule has 0 atom stereocenters. The number of Topliss-reactive ketones (excluding diaryl/α,β-unsaturated/α-hetero) is 2. The summed E-state index contributed by atoms with van der Waals surface area (Å²) in [6.07, 6.45) is 7.65. The fourth-order valence-electron chi connectivity index (χ4n) is 7.32. The Morgan fingerprint density at radius 2 is 1.02 bits per heavy atom. The van der Waals surface area contributed by atoms with E-state index in [1.54, 1.807) is 0 Å². The first-order valence-corrected chi connectivity index (χ1v) is 16.3. The summed E-state index contributed by atoms with van der Waals surface area (Å²) in [5.41, 5.74) is 6.80. The molecule has 0 amide bonds. The lowest BCUT2D eigenvalue weighted by molar-refractivity contribution is -0.438. The Morgan fingerprint density at radius 1 is 0.644 bits per heavy atom. The van der Waals surface area contributed by atoms with Crippen molar-refractivity contribution in [3.05, 3.63) is 106 Å². The van der Waals surface area contributed by atoms with Gasteiger partial charge < -0.3 is 10.2 Å². The average Bonchev–Trinajstić information content (AvgIpc) is 3.38. The predicted octanol–water partition coefficient (Wildman–Crippen LogP) is 7.77. The van der Waals surface area contributed by atoms with Gasteiger partial charge in [0.2, 0.25) is 11.4 Å². The largest absolute Gasteiger partial charge is 0.507 e. The van der Waals surface area contributed by atoms with Crippen molar-refractivity contribution in [1.29, 1.82) is 0 Å². The lowest BCUT2D eigenvalue weighted by Gasteiger charge is -2.27. The van der Waals surface area contributed by atoms with Gasteiger partial charge in [-0.2, -0.15) is 9.15 Å². The van der Waals surface area contributed by atoms with Gasteiger partial charge in [-0.3, -0.25) is 9.59 Å². The zero-order chi connectivity index (χ0) is 32.3. The monoisotopic (exact) mass is 604 g/mol. The molecule has 0 unspecified atom stereocenters. The summed E-state index contributed by atoms with van der Waals surface area (Å²) < 4.78 is 4.52. The highest BCUT2D eigenvalue weighted by Gasteiger charge is 2.49. The van der Waals surface area contributed by atoms with Gasteiger partial charge >= 0.3 is 0 Å². The number of ketones is 2. The second-order valence-corrected chi connectivity index (χ2v) is 13.7. The molecule has 0 bridgehead atoms. The Bertz CT molecular complexity index is 1710. The van der Waals surface area contributed by atoms with Gasteiger partial charge in [0, 0.05) is 65.8 Å². The molecule has 2 aliphatic heterocycles. The number of hydrogen-bond acceptors (Lipinski definition) is 4. The number of carbonyl (C=O) groups is 2. The number of unbranched alkanes of at least 4 members (excludes halogenated alkanes) is 2. The summed E-state index contributed by atoms with van der Waals surface area (Å²) in [7, 11) is 0. The Kier molecular flexibility index (Phi) is 7.67. The average molecular weight is 605 g/mol. The zero-order valence-electron chi connectivity index (χ0n) is 27.3. The summed E-state index contributed by atoms with van der Waals surface area (Å²) in [6.45, 7) is 14.5. The van der Waals surface area contributed by atoms with Crippen LogP contribution >= 0.6 is 0 Å². The normalized spacial score (nSPS) is 21.6. The Balaban J connectivity index is 1.31. The first kappa shape index (κ1) is 30.7. The smallest absolute Gasteiger partial charge is 0.209 e. The first-order valence-electron chi connectivity index (χ1n) is 16.3. The molecular formula is C39H44N2O4+2. The Labute approximate surface area is 266 Å². The number of hydrogen-bond donors (Lipinski definition) is 2. The maximum atomic E-state index is 13.4. The molecular weight excluding hydrogens is 560 g/mol. The molecule has 6 heteroatoms. The number of para-hydroxylation sites is 2. The number of aliphatic hydroxyl groups is 2. The van der Waals surface area contributed by atoms with E-state index in [-0.39, 0.29) is 62.6 Å². The van der Waals surface area contributed by atoms with E-state index in [0.29, 0.717) is 0 Å². The lowest BCUT2D eigenvalue weighted by Crippen LogP contribution is -2.33. The maximum Gasteiger partial charge on any atom is 0.209 e. The summed E-state index contributed by atoms with van der Waals surface area (Å²) in [5.74, 6) is -0.735. The van der Waals surface area contributed by atoms with Crippen LogP contribution in [0.2, 0.25) is 0 Å². The van der Waals surface area contributed by atoms with Crippen LogP contribution < -0.4 is 0 Å². The van der Waals surface area contributed by atoms with E-state index in [4.69, 9.17) is 0 Å². The van der Waals surface area contributed by atoms with E-state index in [9.17, 15) is 19.8 Å². The van der Waals surface area contributed by atoms with Gasteiger partial charge in [0.1, 0.15) is 24.6 Å². The maximum absolute atomic E-state index is 13.4. The topological polar surface area (TPSA) is 80.6 Å². The van der Waals surface area contributed by atoms with Crippen LogP contribution in [-0.2, 0) is 20.4 Å². The molecule has 0 spiro atoms. The van der Waals surface area contributed by atoms with E-state index in [0.717, 1.165) is 61.6 Å². The minimum atomic E-state index is -0.339. The minimum absolute atomic E-state index is 0.0823. The van der Waals surface area contributed by atoms with Gasteiger partial charge in [-0.15, -0.1) is 0 Å². The van der Waals surface area contributed by atoms with E-state index >= 15 is 0 Å². The van der Waals surface area contributed by atoms with Crippen LogP contribution in [0.15, 0.2) is 94.5 Å². The van der Waals surface area contributed by atoms with Crippen LogP contribution in [0.4, 0.5) is 11.4 Å². The number of aliphatic hydroxyl groups excluding tert-OH is 2. The SMILES string of the molecule is CCCC[N+]1=C(C=C2C(=O)C(CC3=C(O)C(=CC4=[N+](CCCC)c5ccccc5C4(C)C)C3=O)=C2O)C(C)(C)c2ccccc21. The van der Waals surface area contributed by atoms with Crippen molar-refractivity contribution in [2.75, 3.05) is 13.1 Å². The number of allylic oxidation sites excluding steroid dienone is 6. The molecule has 0 aromatic heterocycles. The molecule has 0 radical (unpaired) electrons. The van der Waals surface area contributed by atoms with Crippen molar-refractivity contribution in [2.24, 2.45) is 0 Å². The second kappa shape index (κ2) is 11.2. The molecule has 4 aliphatic rings. The Morgan fingerprint density at radius 3 is 1.38 bits per heavy atom. The molecule has 2 aliphatic carbocycles. The van der Waals surface area contributed by atoms with Gasteiger partial charge in [-0.1, -0.05) is 63.1 Å². The van der Waals surface area contributed by atoms with Crippen LogP contribution in [0.5, 0.6) is 0 Å². The standard InChI is InChI=1S/C39H42N2O4/c1-7-9-19-40-30-17-13-11-15-28(30)38(3,4)32(40)22-26-34(42)24(35(26)43)21-25-36(44)27(37(25)45)23-33-39(5,6)29-16-12-14-18-31(29)41(33)20-10-8-2/h11-18,22-23H,7-10,19-21H2,1-6H3/p+2. The van der Waals surface area contributed by atoms with Gasteiger partial charge in [0.15, 0.2) is 23.0 Å². The molecule has 232 valence electrons. The fourth-order valence-corrected chi connectivity index (χ4v) is 7.32. The molecule has 0 saturated carbocycles. The molecule has 0 fully saturated rings. The summed E-state index contributed by atoms with van der Waals surface area (Å²) in [4.78, 5) is 26.8. The van der Waals surface area contributed by atoms with E-state index in [1.807, 2.05) is 36.4 Å². The number of rotatable bonds is 10. The van der Waals surface area contributed by atoms with Crippen molar-refractivity contribution < 1.29 is 29.0 Å². The zero-order valence-corrected chi connectivity index (χ0v) is 27.3. The molecule has 6 nitrogen and oxygen atoms in total. The van der Waals surface area contributed by atoms with Crippen molar-refractivity contribution in [3.63, 3.8) is 0 Å². The molecule has 2 aromatic rings. The molecule has 2 aromatic carbocycles. The number of carbonyl (C=O) groups excluding carboxylic acids is 2. The van der Waals surface area contributed by atoms with E-state index in [2.05, 4.69) is 75.0 Å². The number of fused-ring (bicyclic) bond motifs is 2. The van der Waals surface area contributed by atoms with Crippen LogP contribution in [0.3, 0.4) is 0 Å². The third-order valence-corrected chi connectivity index (χ3v) is 10.1. The number of nitrogens with zero attached hydrogens (tertiary/aromatic N) is 2. The van der Waals surface area contributed by atoms with Gasteiger partial charge in [0.05, 0.1) is 22.0 Å². The fraction of sp³-hybridized carbons (Fsp3) is 0.385. The van der Waals surface area contributed by atoms with Gasteiger partial charge in [-0.05, 0) is 27.7 Å². The quantitative estimate of drug-likeness (QED) is 0.214. The molecule has 45 heavy (non-hydrogen) atoms. The molecule has 0 saturated heterocycles. The molecule has 2 N–H and O–H groups in total. The van der Waals surface area contributed by atoms with Crippen molar-refractivity contribution in [1.82, 2.24) is 0 Å². The van der Waals surface area contributed by atoms with E-state index < -0.39 is 0 Å². The first-order chi connectivity index (χ1) is 21.4. The van der Waals surface area contributed by atoms with Crippen molar-refractivity contribution in [2.45, 2.75) is 84.5 Å². The third-order valence-electron chi connectivity index (χ3n) is 10.1. The van der Waals surface area contributed by atoms with Gasteiger partial charge in [0.25, 0.3) is 0 Å². The van der Waals surface area contributed by atoms with Crippen LogP contribution in [-0.4, -0.2) is 55.4 Å². The minimum Gasteiger partial charge on any atom is -0.507 e. The molecule has 2 heterocycles. The summed E-state index contributed by atoms with van der Waals surface area (Å²) in [5, 5.41) is 22.2. The van der Waals surface area contributed by atoms with Crippen LogP contribution in [0.25, 0.3) is 0 Å². The predicted molar refractivity (Wildman–Crippen MR) is 178 cm³/mol. The Hall–Kier alpha value is -4.32. The summed E-state index contributed by atoms with van der Waals surface area (Å²) in [6, 6.07) is 16.6. The second-order valence-electron chi connectivity index (χ2n) is 13.7. The van der Waals surface area contributed by atoms with E-state index in [1.165, 1.54) is 11.1 Å². The number of benzene rings is 2. The molecule has 6 rings (SSSR count). The highest BCUT2D eigenvalue weighted by atomic mass is 16.3. The van der Waals surface area contributed by atoms with Crippen LogP contribution in [0.1, 0.15) is 84.8 Å². The lowest BCUT2D eigenvalue weighted by atomic mass is 9.74. The van der Waals surface area contributed by atoms with Crippen molar-refractivity contribution >= 4 is 34.4 Å².